The second-order valence-corrected chi connectivity index (χ2v) is 8.69. The van der Waals surface area contributed by atoms with Gasteiger partial charge in [-0.25, -0.2) is 0 Å². The van der Waals surface area contributed by atoms with Crippen LogP contribution in [0.5, 0.6) is 0 Å². The molecule has 2 rings (SSSR count). The van der Waals surface area contributed by atoms with Gasteiger partial charge in [0.1, 0.15) is 0 Å². The minimum atomic E-state index is -3.32. The maximum Gasteiger partial charge on any atom is 0.281 e. The predicted molar refractivity (Wildman–Crippen MR) is 93.3 cm³/mol. The summed E-state index contributed by atoms with van der Waals surface area (Å²) < 4.78 is 26.8. The van der Waals surface area contributed by atoms with Crippen LogP contribution in [0.2, 0.25) is 0 Å². The highest BCUT2D eigenvalue weighted by Gasteiger charge is 2.29. The van der Waals surface area contributed by atoms with Crippen LogP contribution in [0.1, 0.15) is 18.4 Å². The largest absolute Gasteiger partial charge is 0.352 e. The SMILES string of the molecule is CN(C)S(=O)(=O)N1CCC(CNC(=O)C=Cc2ccsc2)CC1. The van der Waals surface area contributed by atoms with Crippen LogP contribution in [0.3, 0.4) is 0 Å². The number of carbonyl (C=O) groups excluding carboxylic acids is 1. The second-order valence-electron chi connectivity index (χ2n) is 5.77. The van der Waals surface area contributed by atoms with Crippen molar-refractivity contribution < 1.29 is 13.2 Å². The molecule has 1 aromatic rings. The van der Waals surface area contributed by atoms with E-state index in [2.05, 4.69) is 5.32 Å². The van der Waals surface area contributed by atoms with E-state index in [4.69, 9.17) is 0 Å². The third-order valence-electron chi connectivity index (χ3n) is 3.90. The Labute approximate surface area is 142 Å². The Morgan fingerprint density at radius 3 is 2.70 bits per heavy atom. The summed E-state index contributed by atoms with van der Waals surface area (Å²) in [6.45, 7) is 1.60. The van der Waals surface area contributed by atoms with Gasteiger partial charge in [-0.2, -0.15) is 28.4 Å². The second kappa shape index (κ2) is 8.05. The van der Waals surface area contributed by atoms with E-state index >= 15 is 0 Å². The van der Waals surface area contributed by atoms with Gasteiger partial charge in [-0.1, -0.05) is 0 Å². The lowest BCUT2D eigenvalue weighted by Crippen LogP contribution is -2.45. The fourth-order valence-corrected chi connectivity index (χ4v) is 4.18. The van der Waals surface area contributed by atoms with Crippen molar-refractivity contribution in [2.45, 2.75) is 12.8 Å². The van der Waals surface area contributed by atoms with Crippen molar-refractivity contribution in [1.29, 1.82) is 0 Å². The van der Waals surface area contributed by atoms with E-state index in [1.807, 2.05) is 16.8 Å². The van der Waals surface area contributed by atoms with Crippen LogP contribution in [-0.2, 0) is 15.0 Å². The first-order chi connectivity index (χ1) is 10.9. The molecule has 0 aromatic carbocycles. The minimum absolute atomic E-state index is 0.112. The van der Waals surface area contributed by atoms with E-state index in [-0.39, 0.29) is 5.91 Å². The standard InChI is InChI=1S/C15H23N3O3S2/c1-17(2)23(20,21)18-8-5-13(6-9-18)11-16-15(19)4-3-14-7-10-22-12-14/h3-4,7,10,12-13H,5-6,8-9,11H2,1-2H3,(H,16,19). The van der Waals surface area contributed by atoms with Crippen molar-refractivity contribution in [2.75, 3.05) is 33.7 Å². The molecule has 0 spiro atoms. The zero-order valence-electron chi connectivity index (χ0n) is 13.4. The third-order valence-corrected chi connectivity index (χ3v) is 6.54. The lowest BCUT2D eigenvalue weighted by Gasteiger charge is -2.32. The summed E-state index contributed by atoms with van der Waals surface area (Å²) in [5, 5.41) is 6.83. The first-order valence-electron chi connectivity index (χ1n) is 7.55. The maximum absolute atomic E-state index is 12.0. The number of thiophene rings is 1. The number of hydrogen-bond donors (Lipinski definition) is 1. The van der Waals surface area contributed by atoms with Crippen molar-refractivity contribution in [3.63, 3.8) is 0 Å². The highest BCUT2D eigenvalue weighted by molar-refractivity contribution is 7.86. The quantitative estimate of drug-likeness (QED) is 0.783. The molecule has 6 nitrogen and oxygen atoms in total. The molecule has 0 aliphatic carbocycles. The Hall–Kier alpha value is -1.22. The summed E-state index contributed by atoms with van der Waals surface area (Å²) >= 11 is 1.59. The molecule has 8 heteroatoms. The number of nitrogens with zero attached hydrogens (tertiary/aromatic N) is 2. The van der Waals surface area contributed by atoms with Gasteiger partial charge in [0, 0.05) is 39.8 Å². The first-order valence-corrected chi connectivity index (χ1v) is 9.89. The predicted octanol–water partition coefficient (Wildman–Crippen LogP) is 1.40. The van der Waals surface area contributed by atoms with E-state index in [0.717, 1.165) is 18.4 Å². The maximum atomic E-state index is 12.0. The molecule has 0 saturated carbocycles. The van der Waals surface area contributed by atoms with E-state index in [0.29, 0.717) is 25.6 Å². The smallest absolute Gasteiger partial charge is 0.281 e. The zero-order valence-corrected chi connectivity index (χ0v) is 15.1. The number of hydrogen-bond acceptors (Lipinski definition) is 4. The summed E-state index contributed by atoms with van der Waals surface area (Å²) in [7, 11) is -0.233. The molecule has 1 saturated heterocycles. The van der Waals surface area contributed by atoms with Gasteiger partial charge in [-0.15, -0.1) is 0 Å². The Kier molecular flexibility index (Phi) is 6.34. The van der Waals surface area contributed by atoms with E-state index in [1.165, 1.54) is 14.7 Å². The minimum Gasteiger partial charge on any atom is -0.352 e. The van der Waals surface area contributed by atoms with Crippen molar-refractivity contribution >= 4 is 33.5 Å². The van der Waals surface area contributed by atoms with Gasteiger partial charge in [-0.3, -0.25) is 4.79 Å². The van der Waals surface area contributed by atoms with Gasteiger partial charge in [0.2, 0.25) is 5.91 Å². The lowest BCUT2D eigenvalue weighted by atomic mass is 9.98. The zero-order chi connectivity index (χ0) is 16.9. The van der Waals surface area contributed by atoms with Gasteiger partial charge >= 0.3 is 0 Å². The molecule has 2 heterocycles. The molecule has 0 unspecified atom stereocenters. The number of piperidine rings is 1. The molecule has 0 radical (unpaired) electrons. The topological polar surface area (TPSA) is 69.7 Å². The molecule has 1 N–H and O–H groups in total. The van der Waals surface area contributed by atoms with Gasteiger partial charge < -0.3 is 5.32 Å². The highest BCUT2D eigenvalue weighted by Crippen LogP contribution is 2.19. The number of amides is 1. The first kappa shape index (κ1) is 18.1. The molecule has 1 aliphatic heterocycles. The molecule has 0 atom stereocenters. The average Bonchev–Trinajstić information content (AvgIpc) is 3.04. The Bertz CT molecular complexity index is 631. The molecule has 1 amide bonds. The fraction of sp³-hybridized carbons (Fsp3) is 0.533. The van der Waals surface area contributed by atoms with E-state index in [9.17, 15) is 13.2 Å². The van der Waals surface area contributed by atoms with Crippen LogP contribution < -0.4 is 5.32 Å². The molecule has 1 fully saturated rings. The van der Waals surface area contributed by atoms with Gasteiger partial charge in [-0.05, 0) is 47.2 Å². The third kappa shape index (κ3) is 5.13. The summed E-state index contributed by atoms with van der Waals surface area (Å²) in [4.78, 5) is 11.8. The lowest BCUT2D eigenvalue weighted by molar-refractivity contribution is -0.116. The average molecular weight is 358 g/mol. The number of carbonyl (C=O) groups is 1. The van der Waals surface area contributed by atoms with Crippen molar-refractivity contribution in [3.05, 3.63) is 28.5 Å². The molecule has 23 heavy (non-hydrogen) atoms. The summed E-state index contributed by atoms with van der Waals surface area (Å²) in [6.07, 6.45) is 4.86. The normalized spacial score (nSPS) is 17.9. The monoisotopic (exact) mass is 357 g/mol. The highest BCUT2D eigenvalue weighted by atomic mass is 32.2. The van der Waals surface area contributed by atoms with Crippen molar-refractivity contribution in [1.82, 2.24) is 13.9 Å². The van der Waals surface area contributed by atoms with Crippen LogP contribution in [-0.4, -0.2) is 56.7 Å². The molecular weight excluding hydrogens is 334 g/mol. The van der Waals surface area contributed by atoms with Crippen LogP contribution in [0.25, 0.3) is 6.08 Å². The van der Waals surface area contributed by atoms with E-state index in [1.54, 1.807) is 31.5 Å². The Balaban J connectivity index is 1.73. The van der Waals surface area contributed by atoms with Gasteiger partial charge in [0.25, 0.3) is 10.2 Å². The summed E-state index contributed by atoms with van der Waals surface area (Å²) in [5.41, 5.74) is 1.02. The Morgan fingerprint density at radius 1 is 1.43 bits per heavy atom. The van der Waals surface area contributed by atoms with Crippen LogP contribution in [0, 0.1) is 5.92 Å². The van der Waals surface area contributed by atoms with Crippen molar-refractivity contribution in [3.8, 4) is 0 Å². The van der Waals surface area contributed by atoms with Crippen LogP contribution in [0.4, 0.5) is 0 Å². The molecular formula is C15H23N3O3S2. The molecule has 0 bridgehead atoms. The summed E-state index contributed by atoms with van der Waals surface area (Å²) in [6, 6.07) is 1.95. The van der Waals surface area contributed by atoms with Gasteiger partial charge in [0.05, 0.1) is 0 Å². The number of nitrogens with one attached hydrogen (secondary N) is 1. The summed E-state index contributed by atoms with van der Waals surface area (Å²) in [5.74, 6) is 0.210. The molecule has 1 aliphatic rings. The van der Waals surface area contributed by atoms with Crippen LogP contribution in [0.15, 0.2) is 22.9 Å². The van der Waals surface area contributed by atoms with Crippen molar-refractivity contribution in [2.24, 2.45) is 5.92 Å². The van der Waals surface area contributed by atoms with Gasteiger partial charge in [0.15, 0.2) is 0 Å². The number of rotatable bonds is 6. The molecule has 128 valence electrons. The Morgan fingerprint density at radius 2 is 2.13 bits per heavy atom. The molecule has 1 aromatic heterocycles. The fourth-order valence-electron chi connectivity index (χ4n) is 2.42. The van der Waals surface area contributed by atoms with E-state index < -0.39 is 10.2 Å². The van der Waals surface area contributed by atoms with Crippen LogP contribution >= 0.6 is 11.3 Å².